The summed E-state index contributed by atoms with van der Waals surface area (Å²) in [6.07, 6.45) is 1.83. The van der Waals surface area contributed by atoms with E-state index in [9.17, 15) is 0 Å². The molecule has 1 aromatic carbocycles. The van der Waals surface area contributed by atoms with E-state index in [0.717, 1.165) is 66.9 Å². The van der Waals surface area contributed by atoms with Gasteiger partial charge in [-0.1, -0.05) is 17.7 Å². The summed E-state index contributed by atoms with van der Waals surface area (Å²) >= 11 is 0. The smallest absolute Gasteiger partial charge is 0.226 e. The second-order valence-electron chi connectivity index (χ2n) is 7.57. The molecule has 6 nitrogen and oxygen atoms in total. The second-order valence-corrected chi connectivity index (χ2v) is 7.57. The summed E-state index contributed by atoms with van der Waals surface area (Å²) in [6, 6.07) is 8.28. The zero-order chi connectivity index (χ0) is 19.7. The molecular formula is C22H27N5O. The third-order valence-corrected chi connectivity index (χ3v) is 5.25. The Morgan fingerprint density at radius 1 is 1.00 bits per heavy atom. The molecule has 0 amide bonds. The molecule has 2 aromatic heterocycles. The molecule has 0 N–H and O–H groups in total. The van der Waals surface area contributed by atoms with Gasteiger partial charge in [0.2, 0.25) is 5.89 Å². The van der Waals surface area contributed by atoms with Gasteiger partial charge in [-0.3, -0.25) is 9.88 Å². The van der Waals surface area contributed by atoms with Crippen molar-refractivity contribution in [2.75, 3.05) is 31.1 Å². The first kappa shape index (κ1) is 18.6. The highest BCUT2D eigenvalue weighted by Gasteiger charge is 2.22. The van der Waals surface area contributed by atoms with Crippen LogP contribution in [0.1, 0.15) is 28.4 Å². The summed E-state index contributed by atoms with van der Waals surface area (Å²) in [5, 5.41) is 0. The number of rotatable bonds is 4. The summed E-state index contributed by atoms with van der Waals surface area (Å²) < 4.78 is 5.95. The van der Waals surface area contributed by atoms with Crippen LogP contribution in [-0.2, 0) is 6.54 Å². The van der Waals surface area contributed by atoms with Crippen molar-refractivity contribution in [3.8, 4) is 11.5 Å². The van der Waals surface area contributed by atoms with Crippen molar-refractivity contribution in [3.63, 3.8) is 0 Å². The maximum atomic E-state index is 5.95. The molecule has 0 saturated carbocycles. The van der Waals surface area contributed by atoms with E-state index in [1.165, 1.54) is 5.56 Å². The van der Waals surface area contributed by atoms with Crippen LogP contribution in [0.4, 0.5) is 5.82 Å². The Hall–Kier alpha value is -2.73. The predicted octanol–water partition coefficient (Wildman–Crippen LogP) is 3.69. The largest absolute Gasteiger partial charge is 0.441 e. The molecule has 1 aliphatic rings. The van der Waals surface area contributed by atoms with Gasteiger partial charge in [0, 0.05) is 44.5 Å². The van der Waals surface area contributed by atoms with Crippen LogP contribution in [0.5, 0.6) is 0 Å². The van der Waals surface area contributed by atoms with Gasteiger partial charge in [0.15, 0.2) is 0 Å². The molecular weight excluding hydrogens is 350 g/mol. The van der Waals surface area contributed by atoms with Crippen molar-refractivity contribution < 1.29 is 4.42 Å². The summed E-state index contributed by atoms with van der Waals surface area (Å²) in [5.74, 6) is 2.62. The minimum atomic E-state index is 0.709. The number of piperazine rings is 1. The first-order chi connectivity index (χ1) is 13.5. The SMILES string of the molecule is Cc1cccc(-c2nc(CN3CCN(c4nc(C)cnc4C)CC3)c(C)o2)c1. The van der Waals surface area contributed by atoms with E-state index in [0.29, 0.717) is 5.89 Å². The van der Waals surface area contributed by atoms with E-state index in [2.05, 4.69) is 38.8 Å². The van der Waals surface area contributed by atoms with Crippen LogP contribution in [0.3, 0.4) is 0 Å². The first-order valence-corrected chi connectivity index (χ1v) is 9.80. The fourth-order valence-electron chi connectivity index (χ4n) is 3.63. The van der Waals surface area contributed by atoms with E-state index < -0.39 is 0 Å². The lowest BCUT2D eigenvalue weighted by Gasteiger charge is -2.35. The molecule has 0 aliphatic carbocycles. The molecule has 3 heterocycles. The lowest BCUT2D eigenvalue weighted by Crippen LogP contribution is -2.46. The molecule has 6 heteroatoms. The number of benzene rings is 1. The van der Waals surface area contributed by atoms with Crippen molar-refractivity contribution in [2.24, 2.45) is 0 Å². The van der Waals surface area contributed by atoms with Crippen LogP contribution >= 0.6 is 0 Å². The summed E-state index contributed by atoms with van der Waals surface area (Å²) in [5.41, 5.74) is 5.23. The minimum absolute atomic E-state index is 0.709. The fraction of sp³-hybridized carbons (Fsp3) is 0.409. The maximum Gasteiger partial charge on any atom is 0.226 e. The Labute approximate surface area is 166 Å². The highest BCUT2D eigenvalue weighted by molar-refractivity contribution is 5.54. The number of oxazole rings is 1. The molecule has 0 spiro atoms. The summed E-state index contributed by atoms with van der Waals surface area (Å²) in [4.78, 5) is 18.7. The lowest BCUT2D eigenvalue weighted by molar-refractivity contribution is 0.245. The highest BCUT2D eigenvalue weighted by atomic mass is 16.4. The maximum absolute atomic E-state index is 5.95. The van der Waals surface area contributed by atoms with Gasteiger partial charge in [0.25, 0.3) is 0 Å². The van der Waals surface area contributed by atoms with E-state index >= 15 is 0 Å². The summed E-state index contributed by atoms with van der Waals surface area (Å²) in [6.45, 7) is 12.8. The Bertz CT molecular complexity index is 973. The molecule has 3 aromatic rings. The Kier molecular flexibility index (Phi) is 5.13. The lowest BCUT2D eigenvalue weighted by atomic mass is 10.1. The highest BCUT2D eigenvalue weighted by Crippen LogP contribution is 2.24. The Morgan fingerprint density at radius 3 is 2.54 bits per heavy atom. The molecule has 0 unspecified atom stereocenters. The molecule has 146 valence electrons. The Morgan fingerprint density at radius 2 is 1.79 bits per heavy atom. The van der Waals surface area contributed by atoms with Gasteiger partial charge in [0.1, 0.15) is 11.6 Å². The van der Waals surface area contributed by atoms with Crippen LogP contribution in [0.25, 0.3) is 11.5 Å². The van der Waals surface area contributed by atoms with Crippen molar-refractivity contribution >= 4 is 5.82 Å². The van der Waals surface area contributed by atoms with Gasteiger partial charge in [-0.2, -0.15) is 0 Å². The van der Waals surface area contributed by atoms with Crippen LogP contribution in [0.2, 0.25) is 0 Å². The molecule has 0 atom stereocenters. The van der Waals surface area contributed by atoms with Crippen molar-refractivity contribution in [1.29, 1.82) is 0 Å². The van der Waals surface area contributed by atoms with Crippen molar-refractivity contribution in [1.82, 2.24) is 19.9 Å². The second kappa shape index (κ2) is 7.72. The van der Waals surface area contributed by atoms with E-state index in [1.54, 1.807) is 0 Å². The van der Waals surface area contributed by atoms with Crippen molar-refractivity contribution in [3.05, 3.63) is 58.9 Å². The number of aryl methyl sites for hydroxylation is 4. The monoisotopic (exact) mass is 377 g/mol. The van der Waals surface area contributed by atoms with E-state index in [1.807, 2.05) is 39.1 Å². The van der Waals surface area contributed by atoms with Gasteiger partial charge in [-0.05, 0) is 39.8 Å². The predicted molar refractivity (Wildman–Crippen MR) is 110 cm³/mol. The number of hydrogen-bond acceptors (Lipinski definition) is 6. The van der Waals surface area contributed by atoms with Crippen LogP contribution < -0.4 is 4.90 Å². The normalized spacial score (nSPS) is 15.2. The number of anilines is 1. The standard InChI is InChI=1S/C22H27N5O/c1-15-6-5-7-19(12-15)22-25-20(18(4)28-22)14-26-8-10-27(11-9-26)21-17(3)23-13-16(2)24-21/h5-7,12-13H,8-11,14H2,1-4H3. The number of nitrogens with zero attached hydrogens (tertiary/aromatic N) is 5. The van der Waals surface area contributed by atoms with Crippen LogP contribution in [0, 0.1) is 27.7 Å². The molecule has 1 saturated heterocycles. The molecule has 1 fully saturated rings. The van der Waals surface area contributed by atoms with Crippen LogP contribution in [0.15, 0.2) is 34.9 Å². The molecule has 0 bridgehead atoms. The average Bonchev–Trinajstić information content (AvgIpc) is 3.05. The van der Waals surface area contributed by atoms with Gasteiger partial charge in [0.05, 0.1) is 17.1 Å². The number of hydrogen-bond donors (Lipinski definition) is 0. The average molecular weight is 377 g/mol. The molecule has 0 radical (unpaired) electrons. The zero-order valence-corrected chi connectivity index (χ0v) is 17.1. The summed E-state index contributed by atoms with van der Waals surface area (Å²) in [7, 11) is 0. The topological polar surface area (TPSA) is 58.3 Å². The first-order valence-electron chi connectivity index (χ1n) is 9.80. The van der Waals surface area contributed by atoms with Gasteiger partial charge in [-0.25, -0.2) is 9.97 Å². The molecule has 1 aliphatic heterocycles. The molecule has 4 rings (SSSR count). The van der Waals surface area contributed by atoms with Gasteiger partial charge >= 0.3 is 0 Å². The quantitative estimate of drug-likeness (QED) is 0.691. The number of aromatic nitrogens is 3. The van der Waals surface area contributed by atoms with Crippen molar-refractivity contribution in [2.45, 2.75) is 34.2 Å². The third kappa shape index (κ3) is 3.92. The van der Waals surface area contributed by atoms with Crippen LogP contribution in [-0.4, -0.2) is 46.0 Å². The third-order valence-electron chi connectivity index (χ3n) is 5.25. The Balaban J connectivity index is 1.42. The van der Waals surface area contributed by atoms with Gasteiger partial charge < -0.3 is 9.32 Å². The minimum Gasteiger partial charge on any atom is -0.441 e. The zero-order valence-electron chi connectivity index (χ0n) is 17.1. The fourth-order valence-corrected chi connectivity index (χ4v) is 3.63. The van der Waals surface area contributed by atoms with Gasteiger partial charge in [-0.15, -0.1) is 0 Å². The molecule has 28 heavy (non-hydrogen) atoms. The van der Waals surface area contributed by atoms with E-state index in [-0.39, 0.29) is 0 Å². The van der Waals surface area contributed by atoms with E-state index in [4.69, 9.17) is 9.40 Å².